The Morgan fingerprint density at radius 3 is 2.75 bits per heavy atom. The van der Waals surface area contributed by atoms with Crippen LogP contribution in [-0.2, 0) is 12.8 Å². The molecule has 0 saturated heterocycles. The molecular weight excluding hydrogens is 346 g/mol. The van der Waals surface area contributed by atoms with Crippen molar-refractivity contribution in [2.45, 2.75) is 19.3 Å². The van der Waals surface area contributed by atoms with E-state index in [1.807, 2.05) is 53.3 Å². The minimum Gasteiger partial charge on any atom is -0.281 e. The number of rotatable bonds is 5. The van der Waals surface area contributed by atoms with Crippen LogP contribution in [0.4, 0.5) is 0 Å². The lowest BCUT2D eigenvalue weighted by Gasteiger charge is -2.08. The van der Waals surface area contributed by atoms with Crippen molar-refractivity contribution in [3.63, 3.8) is 0 Å². The quantitative estimate of drug-likeness (QED) is 0.460. The summed E-state index contributed by atoms with van der Waals surface area (Å²) in [6, 6.07) is 20.5. The molecule has 0 N–H and O–H groups in total. The number of para-hydroxylation sites is 1. The smallest absolute Gasteiger partial charge is 0.187 e. The second kappa shape index (κ2) is 7.19. The van der Waals surface area contributed by atoms with Crippen LogP contribution in [0, 0.1) is 0 Å². The highest BCUT2D eigenvalue weighted by Crippen LogP contribution is 2.24. The fourth-order valence-electron chi connectivity index (χ4n) is 3.58. The number of hydrogen-bond acceptors (Lipinski definition) is 4. The number of nitrogens with zero attached hydrogens (tertiary/aromatic N) is 5. The topological polar surface area (TPSA) is 56.0 Å². The second-order valence-corrected chi connectivity index (χ2v) is 6.85. The minimum atomic E-state index is 0.766. The molecule has 28 heavy (non-hydrogen) atoms. The molecule has 0 bridgehead atoms. The van der Waals surface area contributed by atoms with E-state index in [4.69, 9.17) is 4.98 Å². The number of benzene rings is 1. The second-order valence-electron chi connectivity index (χ2n) is 6.85. The third-order valence-corrected chi connectivity index (χ3v) is 4.98. The van der Waals surface area contributed by atoms with Crippen LogP contribution < -0.4 is 0 Å². The van der Waals surface area contributed by atoms with Gasteiger partial charge in [0, 0.05) is 24.0 Å². The first kappa shape index (κ1) is 16.6. The lowest BCUT2D eigenvalue weighted by atomic mass is 10.0. The van der Waals surface area contributed by atoms with Gasteiger partial charge in [-0.1, -0.05) is 36.4 Å². The van der Waals surface area contributed by atoms with Gasteiger partial charge in [0.1, 0.15) is 5.69 Å². The first-order chi connectivity index (χ1) is 13.9. The van der Waals surface area contributed by atoms with E-state index < -0.39 is 0 Å². The first-order valence-corrected chi connectivity index (χ1v) is 9.46. The molecule has 5 rings (SSSR count). The Bertz CT molecular complexity index is 1240. The molecule has 4 heterocycles. The molecule has 5 heteroatoms. The zero-order valence-corrected chi connectivity index (χ0v) is 15.4. The Kier molecular flexibility index (Phi) is 4.26. The van der Waals surface area contributed by atoms with Gasteiger partial charge in [-0.2, -0.15) is 0 Å². The molecule has 5 nitrogen and oxygen atoms in total. The molecule has 1 aromatic carbocycles. The molecule has 0 amide bonds. The number of fused-ring (bicyclic) bond motifs is 2. The van der Waals surface area contributed by atoms with Crippen molar-refractivity contribution in [2.24, 2.45) is 0 Å². The van der Waals surface area contributed by atoms with Crippen LogP contribution in [0.25, 0.3) is 28.1 Å². The van der Waals surface area contributed by atoms with Crippen LogP contribution in [0.15, 0.2) is 79.3 Å². The molecule has 0 aliphatic carbocycles. The van der Waals surface area contributed by atoms with Crippen molar-refractivity contribution in [3.8, 4) is 11.5 Å². The fourth-order valence-corrected chi connectivity index (χ4v) is 3.58. The molecular formula is C23H19N5. The van der Waals surface area contributed by atoms with E-state index in [1.165, 1.54) is 11.1 Å². The lowest BCUT2D eigenvalue weighted by Crippen LogP contribution is -1.96. The summed E-state index contributed by atoms with van der Waals surface area (Å²) in [4.78, 5) is 9.16. The normalized spacial score (nSPS) is 11.3. The minimum absolute atomic E-state index is 0.766. The molecule has 5 aromatic rings. The number of aromatic nitrogens is 5. The van der Waals surface area contributed by atoms with E-state index in [-0.39, 0.29) is 0 Å². The van der Waals surface area contributed by atoms with Gasteiger partial charge in [-0.3, -0.25) is 9.38 Å². The van der Waals surface area contributed by atoms with Gasteiger partial charge < -0.3 is 0 Å². The number of aryl methyl sites for hydroxylation is 2. The maximum atomic E-state index is 4.96. The Morgan fingerprint density at radius 2 is 1.82 bits per heavy atom. The standard InChI is InChI=1S/C23H19N5/c1-2-15-28-21(11-1)26-27-23(28)20-13-12-19-10-4-9-18(22(19)25-20)8-3-6-17-7-5-14-24-16-17/h1-2,4-5,7,9-16H,3,6,8H2. The van der Waals surface area contributed by atoms with Gasteiger partial charge in [0.05, 0.1) is 5.52 Å². The first-order valence-electron chi connectivity index (χ1n) is 9.46. The van der Waals surface area contributed by atoms with Crippen molar-refractivity contribution in [2.75, 3.05) is 0 Å². The van der Waals surface area contributed by atoms with Gasteiger partial charge in [0.15, 0.2) is 11.5 Å². The highest BCUT2D eigenvalue weighted by atomic mass is 15.2. The van der Waals surface area contributed by atoms with Gasteiger partial charge >= 0.3 is 0 Å². The number of pyridine rings is 3. The van der Waals surface area contributed by atoms with Crippen molar-refractivity contribution in [3.05, 3.63) is 90.4 Å². The molecule has 0 aliphatic heterocycles. The van der Waals surface area contributed by atoms with Crippen LogP contribution in [0.5, 0.6) is 0 Å². The van der Waals surface area contributed by atoms with Crippen LogP contribution in [-0.4, -0.2) is 24.6 Å². The summed E-state index contributed by atoms with van der Waals surface area (Å²) >= 11 is 0. The summed E-state index contributed by atoms with van der Waals surface area (Å²) < 4.78 is 1.97. The summed E-state index contributed by atoms with van der Waals surface area (Å²) in [7, 11) is 0. The third kappa shape index (κ3) is 3.11. The van der Waals surface area contributed by atoms with Gasteiger partial charge in [-0.15, -0.1) is 10.2 Å². The van der Waals surface area contributed by atoms with Crippen molar-refractivity contribution < 1.29 is 0 Å². The predicted molar refractivity (Wildman–Crippen MR) is 110 cm³/mol. The van der Waals surface area contributed by atoms with Crippen molar-refractivity contribution in [1.29, 1.82) is 0 Å². The Hall–Kier alpha value is -3.60. The zero-order valence-electron chi connectivity index (χ0n) is 15.4. The lowest BCUT2D eigenvalue weighted by molar-refractivity contribution is 0.820. The van der Waals surface area contributed by atoms with E-state index in [0.29, 0.717) is 0 Å². The summed E-state index contributed by atoms with van der Waals surface area (Å²) in [5.74, 6) is 0.766. The van der Waals surface area contributed by atoms with E-state index in [1.54, 1.807) is 0 Å². The average molecular weight is 365 g/mol. The summed E-state index contributed by atoms with van der Waals surface area (Å²) in [5.41, 5.74) is 5.23. The number of hydrogen-bond donors (Lipinski definition) is 0. The average Bonchev–Trinajstić information content (AvgIpc) is 3.19. The maximum absolute atomic E-state index is 4.96. The third-order valence-electron chi connectivity index (χ3n) is 4.98. The van der Waals surface area contributed by atoms with E-state index >= 15 is 0 Å². The molecule has 0 unspecified atom stereocenters. The van der Waals surface area contributed by atoms with Gasteiger partial charge in [0.2, 0.25) is 0 Å². The molecule has 0 radical (unpaired) electrons. The van der Waals surface area contributed by atoms with Crippen molar-refractivity contribution in [1.82, 2.24) is 24.6 Å². The fraction of sp³-hybridized carbons (Fsp3) is 0.130. The van der Waals surface area contributed by atoms with E-state index in [0.717, 1.165) is 47.3 Å². The Labute approximate surface area is 162 Å². The summed E-state index contributed by atoms with van der Waals surface area (Å²) in [6.45, 7) is 0. The Morgan fingerprint density at radius 1 is 0.821 bits per heavy atom. The molecule has 0 aliphatic rings. The SMILES string of the molecule is c1cncc(CCCc2cccc3ccc(-c4nnc5ccccn45)nc23)c1. The predicted octanol–water partition coefficient (Wildman–Crippen LogP) is 4.51. The molecule has 0 saturated carbocycles. The van der Waals surface area contributed by atoms with Gasteiger partial charge in [0.25, 0.3) is 0 Å². The van der Waals surface area contributed by atoms with Gasteiger partial charge in [-0.05, 0) is 54.7 Å². The zero-order chi connectivity index (χ0) is 18.8. The van der Waals surface area contributed by atoms with Gasteiger partial charge in [-0.25, -0.2) is 4.98 Å². The highest BCUT2D eigenvalue weighted by molar-refractivity contribution is 5.84. The largest absolute Gasteiger partial charge is 0.281 e. The summed E-state index contributed by atoms with van der Waals surface area (Å²) in [6.07, 6.45) is 8.77. The van der Waals surface area contributed by atoms with Crippen LogP contribution in [0.2, 0.25) is 0 Å². The van der Waals surface area contributed by atoms with Crippen LogP contribution >= 0.6 is 0 Å². The van der Waals surface area contributed by atoms with Crippen molar-refractivity contribution >= 4 is 16.6 Å². The molecule has 136 valence electrons. The van der Waals surface area contributed by atoms with E-state index in [2.05, 4.69) is 45.5 Å². The molecule has 0 spiro atoms. The van der Waals surface area contributed by atoms with Crippen LogP contribution in [0.3, 0.4) is 0 Å². The highest BCUT2D eigenvalue weighted by Gasteiger charge is 2.11. The molecule has 0 atom stereocenters. The summed E-state index contributed by atoms with van der Waals surface area (Å²) in [5, 5.41) is 9.74. The molecule has 0 fully saturated rings. The Balaban J connectivity index is 1.48. The van der Waals surface area contributed by atoms with E-state index in [9.17, 15) is 0 Å². The monoisotopic (exact) mass is 365 g/mol. The molecule has 4 aromatic heterocycles. The van der Waals surface area contributed by atoms with Crippen LogP contribution in [0.1, 0.15) is 17.5 Å². The maximum Gasteiger partial charge on any atom is 0.187 e.